The minimum absolute atomic E-state index is 0.128. The van der Waals surface area contributed by atoms with Crippen LogP contribution < -0.4 is 15.8 Å². The Balaban J connectivity index is 2.20. The number of nitrogens with zero attached hydrogens (tertiary/aromatic N) is 2. The van der Waals surface area contributed by atoms with Gasteiger partial charge in [-0.3, -0.25) is 4.79 Å². The summed E-state index contributed by atoms with van der Waals surface area (Å²) in [6.45, 7) is 8.48. The minimum atomic E-state index is -0.254. The highest BCUT2D eigenvalue weighted by molar-refractivity contribution is 5.96. The third-order valence-electron chi connectivity index (χ3n) is 4.53. The molecule has 2 rings (SSSR count). The number of ether oxygens (including phenoxy) is 1. The summed E-state index contributed by atoms with van der Waals surface area (Å²) in [7, 11) is 1.57. The van der Waals surface area contributed by atoms with E-state index in [2.05, 4.69) is 48.2 Å². The average Bonchev–Trinajstić information content (AvgIpc) is 2.59. The number of nitrogens with two attached hydrogens (primary N) is 1. The van der Waals surface area contributed by atoms with Gasteiger partial charge in [0.25, 0.3) is 5.91 Å². The highest BCUT2D eigenvalue weighted by Crippen LogP contribution is 2.28. The normalized spacial score (nSPS) is 11.2. The molecule has 0 saturated heterocycles. The van der Waals surface area contributed by atoms with Crippen LogP contribution in [0.25, 0.3) is 0 Å². The van der Waals surface area contributed by atoms with Crippen LogP contribution >= 0.6 is 0 Å². The molecule has 0 spiro atoms. The molecule has 134 valence electrons. The molecule has 6 nitrogen and oxygen atoms in total. The van der Waals surface area contributed by atoms with Crippen molar-refractivity contribution in [1.82, 2.24) is 15.3 Å². The van der Waals surface area contributed by atoms with Gasteiger partial charge in [-0.05, 0) is 36.5 Å². The van der Waals surface area contributed by atoms with Crippen LogP contribution in [0.1, 0.15) is 54.5 Å². The van der Waals surface area contributed by atoms with Crippen LogP contribution in [-0.4, -0.2) is 22.9 Å². The Bertz CT molecular complexity index is 755. The van der Waals surface area contributed by atoms with Gasteiger partial charge >= 0.3 is 0 Å². The Labute approximate surface area is 148 Å². The lowest BCUT2D eigenvalue weighted by Crippen LogP contribution is -2.23. The van der Waals surface area contributed by atoms with Gasteiger partial charge in [-0.25, -0.2) is 9.97 Å². The number of rotatable bonds is 6. The standard InChI is InChI=1S/C19H26N4O2/c1-6-19(3,4)13-7-9-14(10-8-13)25-11-15-16(17(24)21-5)12(2)22-18(20)23-15/h7-10H,6,11H2,1-5H3,(H,21,24)(H2,20,22,23). The van der Waals surface area contributed by atoms with E-state index in [9.17, 15) is 4.79 Å². The lowest BCUT2D eigenvalue weighted by Gasteiger charge is -2.23. The summed E-state index contributed by atoms with van der Waals surface area (Å²) >= 11 is 0. The van der Waals surface area contributed by atoms with Crippen LogP contribution in [0.4, 0.5) is 5.95 Å². The first-order valence-corrected chi connectivity index (χ1v) is 8.37. The number of carbonyl (C=O) groups is 1. The molecule has 3 N–H and O–H groups in total. The Morgan fingerprint density at radius 3 is 2.44 bits per heavy atom. The van der Waals surface area contributed by atoms with Crippen molar-refractivity contribution in [3.63, 3.8) is 0 Å². The van der Waals surface area contributed by atoms with Crippen molar-refractivity contribution >= 4 is 11.9 Å². The maximum absolute atomic E-state index is 12.1. The molecule has 0 radical (unpaired) electrons. The summed E-state index contributed by atoms with van der Waals surface area (Å²) in [5, 5.41) is 2.60. The first-order valence-electron chi connectivity index (χ1n) is 8.37. The fourth-order valence-corrected chi connectivity index (χ4v) is 2.54. The fourth-order valence-electron chi connectivity index (χ4n) is 2.54. The van der Waals surface area contributed by atoms with E-state index in [1.54, 1.807) is 14.0 Å². The molecule has 0 saturated carbocycles. The van der Waals surface area contributed by atoms with E-state index >= 15 is 0 Å². The van der Waals surface area contributed by atoms with Gasteiger partial charge < -0.3 is 15.8 Å². The van der Waals surface area contributed by atoms with Crippen LogP contribution in [0.3, 0.4) is 0 Å². The Morgan fingerprint density at radius 2 is 1.88 bits per heavy atom. The van der Waals surface area contributed by atoms with Gasteiger partial charge in [0.2, 0.25) is 5.95 Å². The fraction of sp³-hybridized carbons (Fsp3) is 0.421. The van der Waals surface area contributed by atoms with E-state index in [-0.39, 0.29) is 23.9 Å². The molecule has 1 aromatic heterocycles. The molecule has 1 amide bonds. The van der Waals surface area contributed by atoms with Crippen molar-refractivity contribution in [3.05, 3.63) is 46.8 Å². The molecule has 25 heavy (non-hydrogen) atoms. The smallest absolute Gasteiger partial charge is 0.254 e. The summed E-state index contributed by atoms with van der Waals surface area (Å²) in [5.41, 5.74) is 8.51. The van der Waals surface area contributed by atoms with E-state index < -0.39 is 0 Å². The third-order valence-corrected chi connectivity index (χ3v) is 4.53. The number of aryl methyl sites for hydroxylation is 1. The number of nitrogens with one attached hydrogen (secondary N) is 1. The number of benzene rings is 1. The molecule has 0 unspecified atom stereocenters. The lowest BCUT2D eigenvalue weighted by molar-refractivity contribution is 0.0959. The quantitative estimate of drug-likeness (QED) is 0.842. The topological polar surface area (TPSA) is 90.1 Å². The number of carbonyl (C=O) groups excluding carboxylic acids is 1. The highest BCUT2D eigenvalue weighted by atomic mass is 16.5. The van der Waals surface area contributed by atoms with Crippen molar-refractivity contribution in [2.45, 2.75) is 46.1 Å². The molecule has 2 aromatic rings. The van der Waals surface area contributed by atoms with Crippen molar-refractivity contribution in [3.8, 4) is 5.75 Å². The van der Waals surface area contributed by atoms with Gasteiger partial charge in [-0.15, -0.1) is 0 Å². The SMILES string of the molecule is CCC(C)(C)c1ccc(OCc2nc(N)nc(C)c2C(=O)NC)cc1. The van der Waals surface area contributed by atoms with Gasteiger partial charge in [0, 0.05) is 7.05 Å². The van der Waals surface area contributed by atoms with Gasteiger partial charge in [0.05, 0.1) is 17.0 Å². The van der Waals surface area contributed by atoms with Crippen molar-refractivity contribution in [1.29, 1.82) is 0 Å². The summed E-state index contributed by atoms with van der Waals surface area (Å²) in [5.74, 6) is 0.591. The predicted molar refractivity (Wildman–Crippen MR) is 98.7 cm³/mol. The predicted octanol–water partition coefficient (Wildman–Crippen LogP) is 2.99. The lowest BCUT2D eigenvalue weighted by atomic mass is 9.82. The molecule has 1 aromatic carbocycles. The second kappa shape index (κ2) is 7.51. The van der Waals surface area contributed by atoms with E-state index in [1.807, 2.05) is 12.1 Å². The second-order valence-electron chi connectivity index (χ2n) is 6.62. The summed E-state index contributed by atoms with van der Waals surface area (Å²) < 4.78 is 5.81. The summed E-state index contributed by atoms with van der Waals surface area (Å²) in [6.07, 6.45) is 1.06. The zero-order chi connectivity index (χ0) is 18.6. The summed E-state index contributed by atoms with van der Waals surface area (Å²) in [6, 6.07) is 8.00. The summed E-state index contributed by atoms with van der Waals surface area (Å²) in [4.78, 5) is 20.3. The van der Waals surface area contributed by atoms with Crippen LogP contribution in [0, 0.1) is 6.92 Å². The molecular formula is C19H26N4O2. The van der Waals surface area contributed by atoms with E-state index in [1.165, 1.54) is 5.56 Å². The molecule has 0 aliphatic heterocycles. The molecular weight excluding hydrogens is 316 g/mol. The Kier molecular flexibility index (Phi) is 5.62. The monoisotopic (exact) mass is 342 g/mol. The minimum Gasteiger partial charge on any atom is -0.487 e. The Hall–Kier alpha value is -2.63. The van der Waals surface area contributed by atoms with Gasteiger partial charge in [0.1, 0.15) is 12.4 Å². The molecule has 0 bridgehead atoms. The second-order valence-corrected chi connectivity index (χ2v) is 6.62. The van der Waals surface area contributed by atoms with Gasteiger partial charge in [-0.1, -0.05) is 32.9 Å². The molecule has 0 aliphatic rings. The Morgan fingerprint density at radius 1 is 1.24 bits per heavy atom. The van der Waals surface area contributed by atoms with Gasteiger partial charge in [-0.2, -0.15) is 0 Å². The number of amides is 1. The molecule has 6 heteroatoms. The van der Waals surface area contributed by atoms with E-state index in [4.69, 9.17) is 10.5 Å². The molecule has 1 heterocycles. The maximum atomic E-state index is 12.1. The first kappa shape index (κ1) is 18.7. The zero-order valence-electron chi connectivity index (χ0n) is 15.5. The zero-order valence-corrected chi connectivity index (χ0v) is 15.5. The van der Waals surface area contributed by atoms with E-state index in [0.29, 0.717) is 22.7 Å². The number of hydrogen-bond acceptors (Lipinski definition) is 5. The van der Waals surface area contributed by atoms with Crippen LogP contribution in [0.15, 0.2) is 24.3 Å². The average molecular weight is 342 g/mol. The molecule has 0 aliphatic carbocycles. The third kappa shape index (κ3) is 4.26. The van der Waals surface area contributed by atoms with Crippen molar-refractivity contribution in [2.75, 3.05) is 12.8 Å². The molecule has 0 atom stereocenters. The number of nitrogen functional groups attached to an aromatic ring is 1. The number of hydrogen-bond donors (Lipinski definition) is 2. The van der Waals surface area contributed by atoms with Crippen LogP contribution in [0.2, 0.25) is 0 Å². The number of aromatic nitrogens is 2. The molecule has 0 fully saturated rings. The van der Waals surface area contributed by atoms with Crippen molar-refractivity contribution in [2.24, 2.45) is 0 Å². The van der Waals surface area contributed by atoms with Gasteiger partial charge in [0.15, 0.2) is 0 Å². The first-order chi connectivity index (χ1) is 11.8. The van der Waals surface area contributed by atoms with Crippen molar-refractivity contribution < 1.29 is 9.53 Å². The maximum Gasteiger partial charge on any atom is 0.254 e. The highest BCUT2D eigenvalue weighted by Gasteiger charge is 2.19. The van der Waals surface area contributed by atoms with Crippen LogP contribution in [-0.2, 0) is 12.0 Å². The largest absolute Gasteiger partial charge is 0.487 e. The van der Waals surface area contributed by atoms with E-state index in [0.717, 1.165) is 6.42 Å². The van der Waals surface area contributed by atoms with Crippen LogP contribution in [0.5, 0.6) is 5.75 Å². The number of anilines is 1.